The molecule has 3 rings (SSSR count). The molecule has 1 heterocycles. The average molecular weight is 346 g/mol. The first-order chi connectivity index (χ1) is 12.1. The molecule has 1 aliphatic rings. The first-order valence-corrected chi connectivity index (χ1v) is 9.08. The standard InChI is InChI=1S/C19H27FN4O/c1-3-8-24(19(25)22-7-6-21-2)12-13-9-15(13)17-11-23-18-5-4-14(20)10-16(17)18/h4-5,10-11,13,15,21,23H,3,6-9,12H2,1-2H3,(H,22,25)/t13-,15+/m0/s1. The normalized spacial score (nSPS) is 19.2. The number of nitrogens with one attached hydrogen (secondary N) is 3. The molecule has 2 amide bonds. The molecule has 0 spiro atoms. The number of hydrogen-bond acceptors (Lipinski definition) is 2. The zero-order valence-corrected chi connectivity index (χ0v) is 14.9. The second kappa shape index (κ2) is 7.87. The molecule has 1 aromatic carbocycles. The predicted octanol–water partition coefficient (Wildman–Crippen LogP) is 3.05. The highest BCUT2D eigenvalue weighted by Crippen LogP contribution is 2.50. The number of benzene rings is 1. The van der Waals surface area contributed by atoms with Gasteiger partial charge in [0.25, 0.3) is 0 Å². The van der Waals surface area contributed by atoms with Crippen LogP contribution in [0.25, 0.3) is 10.9 Å². The summed E-state index contributed by atoms with van der Waals surface area (Å²) in [6.45, 7) is 4.99. The van der Waals surface area contributed by atoms with Gasteiger partial charge >= 0.3 is 6.03 Å². The molecule has 25 heavy (non-hydrogen) atoms. The van der Waals surface area contributed by atoms with Crippen LogP contribution in [-0.4, -0.2) is 49.1 Å². The highest BCUT2D eigenvalue weighted by atomic mass is 19.1. The summed E-state index contributed by atoms with van der Waals surface area (Å²) in [6.07, 6.45) is 3.98. The lowest BCUT2D eigenvalue weighted by atomic mass is 10.1. The SMILES string of the molecule is CCCN(C[C@@H]1C[C@H]1c1c[nH]c2ccc(F)cc12)C(=O)NCCNC. The van der Waals surface area contributed by atoms with Gasteiger partial charge in [-0.2, -0.15) is 0 Å². The minimum atomic E-state index is -0.206. The van der Waals surface area contributed by atoms with Gasteiger partial charge in [-0.3, -0.25) is 0 Å². The van der Waals surface area contributed by atoms with Crippen LogP contribution in [0.4, 0.5) is 9.18 Å². The van der Waals surface area contributed by atoms with Gasteiger partial charge in [-0.05, 0) is 55.5 Å². The van der Waals surface area contributed by atoms with Crippen LogP contribution in [0.1, 0.15) is 31.2 Å². The third-order valence-electron chi connectivity index (χ3n) is 4.88. The largest absolute Gasteiger partial charge is 0.361 e. The highest BCUT2D eigenvalue weighted by molar-refractivity contribution is 5.84. The molecule has 5 nitrogen and oxygen atoms in total. The van der Waals surface area contributed by atoms with Gasteiger partial charge in [-0.25, -0.2) is 9.18 Å². The quantitative estimate of drug-likeness (QED) is 0.644. The van der Waals surface area contributed by atoms with Crippen LogP contribution >= 0.6 is 0 Å². The molecule has 1 saturated carbocycles. The van der Waals surface area contributed by atoms with E-state index in [1.165, 1.54) is 11.6 Å². The fraction of sp³-hybridized carbons (Fsp3) is 0.526. The Morgan fingerprint density at radius 2 is 2.24 bits per heavy atom. The monoisotopic (exact) mass is 346 g/mol. The van der Waals surface area contributed by atoms with E-state index in [9.17, 15) is 9.18 Å². The average Bonchev–Trinajstić information content (AvgIpc) is 3.23. The van der Waals surface area contributed by atoms with Crippen LogP contribution in [0.2, 0.25) is 0 Å². The van der Waals surface area contributed by atoms with Gasteiger partial charge in [0, 0.05) is 43.3 Å². The van der Waals surface area contributed by atoms with E-state index in [0.717, 1.165) is 43.4 Å². The number of amides is 2. The summed E-state index contributed by atoms with van der Waals surface area (Å²) in [5.41, 5.74) is 2.14. The molecule has 2 aromatic rings. The molecule has 1 fully saturated rings. The number of rotatable bonds is 8. The number of halogens is 1. The summed E-state index contributed by atoms with van der Waals surface area (Å²) >= 11 is 0. The van der Waals surface area contributed by atoms with Gasteiger partial charge in [-0.1, -0.05) is 6.92 Å². The van der Waals surface area contributed by atoms with E-state index >= 15 is 0 Å². The fourth-order valence-electron chi connectivity index (χ4n) is 3.49. The molecule has 1 aromatic heterocycles. The van der Waals surface area contributed by atoms with Crippen LogP contribution in [0.15, 0.2) is 24.4 Å². The predicted molar refractivity (Wildman–Crippen MR) is 98.3 cm³/mol. The number of fused-ring (bicyclic) bond motifs is 1. The smallest absolute Gasteiger partial charge is 0.317 e. The van der Waals surface area contributed by atoms with Crippen LogP contribution in [0, 0.1) is 11.7 Å². The molecule has 0 unspecified atom stereocenters. The Kier molecular flexibility index (Phi) is 5.58. The van der Waals surface area contributed by atoms with E-state index in [2.05, 4.69) is 22.5 Å². The van der Waals surface area contributed by atoms with Gasteiger partial charge in [0.2, 0.25) is 0 Å². The number of carbonyl (C=O) groups is 1. The topological polar surface area (TPSA) is 60.2 Å². The van der Waals surface area contributed by atoms with Gasteiger partial charge in [0.15, 0.2) is 0 Å². The van der Waals surface area contributed by atoms with E-state index in [0.29, 0.717) is 18.4 Å². The maximum atomic E-state index is 13.6. The maximum absolute atomic E-state index is 13.6. The first-order valence-electron chi connectivity index (χ1n) is 9.08. The number of nitrogens with zero attached hydrogens (tertiary/aromatic N) is 1. The van der Waals surface area contributed by atoms with Crippen molar-refractivity contribution in [3.8, 4) is 0 Å². The van der Waals surface area contributed by atoms with Crippen molar-refractivity contribution in [2.45, 2.75) is 25.7 Å². The minimum absolute atomic E-state index is 0.00715. The van der Waals surface area contributed by atoms with Crippen LogP contribution in [0.5, 0.6) is 0 Å². The lowest BCUT2D eigenvalue weighted by molar-refractivity contribution is 0.195. The van der Waals surface area contributed by atoms with Crippen molar-refractivity contribution in [3.05, 3.63) is 35.8 Å². The Morgan fingerprint density at radius 1 is 1.40 bits per heavy atom. The van der Waals surface area contributed by atoms with E-state index in [-0.39, 0.29) is 11.8 Å². The van der Waals surface area contributed by atoms with Crippen molar-refractivity contribution in [3.63, 3.8) is 0 Å². The highest BCUT2D eigenvalue weighted by Gasteiger charge is 2.41. The van der Waals surface area contributed by atoms with Gasteiger partial charge in [0.05, 0.1) is 0 Å². The molecule has 0 bridgehead atoms. The lowest BCUT2D eigenvalue weighted by Gasteiger charge is -2.22. The van der Waals surface area contributed by atoms with Crippen LogP contribution in [-0.2, 0) is 0 Å². The van der Waals surface area contributed by atoms with E-state index in [4.69, 9.17) is 0 Å². The zero-order chi connectivity index (χ0) is 17.8. The molecule has 1 aliphatic carbocycles. The Bertz CT molecular complexity index is 729. The van der Waals surface area contributed by atoms with E-state index in [1.54, 1.807) is 12.1 Å². The molecule has 0 aliphatic heterocycles. The minimum Gasteiger partial charge on any atom is -0.361 e. The van der Waals surface area contributed by atoms with Crippen molar-refractivity contribution in [1.82, 2.24) is 20.5 Å². The van der Waals surface area contributed by atoms with Crippen molar-refractivity contribution in [1.29, 1.82) is 0 Å². The number of likely N-dealkylation sites (N-methyl/N-ethyl adjacent to an activating group) is 1. The maximum Gasteiger partial charge on any atom is 0.317 e. The number of H-pyrrole nitrogens is 1. The summed E-state index contributed by atoms with van der Waals surface area (Å²) in [6, 6.07) is 4.87. The number of hydrogen-bond donors (Lipinski definition) is 3. The Balaban J connectivity index is 1.63. The third kappa shape index (κ3) is 4.12. The Morgan fingerprint density at radius 3 is 3.00 bits per heavy atom. The van der Waals surface area contributed by atoms with Crippen LogP contribution in [0.3, 0.4) is 0 Å². The van der Waals surface area contributed by atoms with Crippen molar-refractivity contribution in [2.24, 2.45) is 5.92 Å². The molecular weight excluding hydrogens is 319 g/mol. The summed E-state index contributed by atoms with van der Waals surface area (Å²) in [5.74, 6) is 0.644. The first kappa shape index (κ1) is 17.7. The van der Waals surface area contributed by atoms with Crippen LogP contribution < -0.4 is 10.6 Å². The summed E-state index contributed by atoms with van der Waals surface area (Å²) in [4.78, 5) is 17.5. The van der Waals surface area contributed by atoms with Crippen molar-refractivity contribution in [2.75, 3.05) is 33.2 Å². The second-order valence-corrected chi connectivity index (χ2v) is 6.82. The molecule has 136 valence electrons. The molecule has 6 heteroatoms. The molecule has 0 radical (unpaired) electrons. The van der Waals surface area contributed by atoms with Crippen molar-refractivity contribution < 1.29 is 9.18 Å². The van der Waals surface area contributed by atoms with Gasteiger partial charge in [-0.15, -0.1) is 0 Å². The number of urea groups is 1. The molecule has 0 saturated heterocycles. The fourth-order valence-corrected chi connectivity index (χ4v) is 3.49. The number of aromatic amines is 1. The Hall–Kier alpha value is -2.08. The Labute approximate surface area is 148 Å². The van der Waals surface area contributed by atoms with Crippen molar-refractivity contribution >= 4 is 16.9 Å². The number of aromatic nitrogens is 1. The molecule has 2 atom stereocenters. The summed E-state index contributed by atoms with van der Waals surface area (Å²) < 4.78 is 13.6. The van der Waals surface area contributed by atoms with Gasteiger partial charge < -0.3 is 20.5 Å². The van der Waals surface area contributed by atoms with E-state index < -0.39 is 0 Å². The van der Waals surface area contributed by atoms with Gasteiger partial charge in [0.1, 0.15) is 5.82 Å². The summed E-state index contributed by atoms with van der Waals surface area (Å²) in [7, 11) is 1.87. The van der Waals surface area contributed by atoms with E-state index in [1.807, 2.05) is 18.1 Å². The molecular formula is C19H27FN4O. The molecule has 3 N–H and O–H groups in total. The lowest BCUT2D eigenvalue weighted by Crippen LogP contribution is -2.43. The third-order valence-corrected chi connectivity index (χ3v) is 4.88. The number of carbonyl (C=O) groups excluding carboxylic acids is 1. The zero-order valence-electron chi connectivity index (χ0n) is 14.9. The second-order valence-electron chi connectivity index (χ2n) is 6.82. The summed E-state index contributed by atoms with van der Waals surface area (Å²) in [5, 5.41) is 6.95.